The van der Waals surface area contributed by atoms with Crippen molar-refractivity contribution in [2.45, 2.75) is 31.9 Å². The van der Waals surface area contributed by atoms with Crippen molar-refractivity contribution in [3.63, 3.8) is 0 Å². The number of nitrogens with zero attached hydrogens (tertiary/aromatic N) is 3. The maximum atomic E-state index is 12.2. The van der Waals surface area contributed by atoms with Gasteiger partial charge in [-0.1, -0.05) is 30.3 Å². The largest absolute Gasteiger partial charge is 0.445 e. The van der Waals surface area contributed by atoms with E-state index in [0.717, 1.165) is 18.4 Å². The lowest BCUT2D eigenvalue weighted by Gasteiger charge is -2.24. The Balaban J connectivity index is 1.65. The summed E-state index contributed by atoms with van der Waals surface area (Å²) < 4.78 is 10.8. The normalized spacial score (nSPS) is 15.5. The van der Waals surface area contributed by atoms with Crippen LogP contribution < -0.4 is 0 Å². The summed E-state index contributed by atoms with van der Waals surface area (Å²) in [6.45, 7) is 1.99. The van der Waals surface area contributed by atoms with Crippen molar-refractivity contribution in [3.8, 4) is 0 Å². The first-order valence-corrected chi connectivity index (χ1v) is 6.87. The van der Waals surface area contributed by atoms with Crippen LogP contribution in [-0.2, 0) is 16.9 Å². The van der Waals surface area contributed by atoms with Crippen LogP contribution in [0.15, 0.2) is 34.7 Å². The molecule has 6 heteroatoms. The Morgan fingerprint density at radius 3 is 2.62 bits per heavy atom. The van der Waals surface area contributed by atoms with Crippen LogP contribution >= 0.6 is 0 Å². The second-order valence-corrected chi connectivity index (χ2v) is 5.26. The Morgan fingerprint density at radius 1 is 1.33 bits per heavy atom. The van der Waals surface area contributed by atoms with Crippen LogP contribution in [0.2, 0.25) is 0 Å². The first kappa shape index (κ1) is 13.6. The van der Waals surface area contributed by atoms with Crippen molar-refractivity contribution in [2.24, 2.45) is 0 Å². The monoisotopic (exact) mass is 287 g/mol. The van der Waals surface area contributed by atoms with Gasteiger partial charge in [-0.15, -0.1) is 10.2 Å². The molecule has 110 valence electrons. The molecule has 1 fully saturated rings. The molecule has 1 aromatic carbocycles. The number of hydrogen-bond donors (Lipinski definition) is 0. The number of hydrogen-bond acceptors (Lipinski definition) is 5. The second-order valence-electron chi connectivity index (χ2n) is 5.26. The molecule has 3 rings (SSSR count). The van der Waals surface area contributed by atoms with E-state index < -0.39 is 5.54 Å². The standard InChI is InChI=1S/C15H17N3O3/c1-11-16-17-13(21-11)15(8-9-15)18(2)14(19)20-10-12-6-4-3-5-7-12/h3-7H,8-10H2,1-2H3. The lowest BCUT2D eigenvalue weighted by Crippen LogP contribution is -2.37. The van der Waals surface area contributed by atoms with E-state index in [-0.39, 0.29) is 12.7 Å². The summed E-state index contributed by atoms with van der Waals surface area (Å²) in [7, 11) is 1.71. The molecule has 0 unspecified atom stereocenters. The topological polar surface area (TPSA) is 68.5 Å². The fourth-order valence-electron chi connectivity index (χ4n) is 2.29. The number of rotatable bonds is 4. The quantitative estimate of drug-likeness (QED) is 0.864. The molecule has 0 spiro atoms. The minimum absolute atomic E-state index is 0.253. The van der Waals surface area contributed by atoms with Gasteiger partial charge in [0.25, 0.3) is 0 Å². The Morgan fingerprint density at radius 2 is 2.05 bits per heavy atom. The number of ether oxygens (including phenoxy) is 1. The van der Waals surface area contributed by atoms with Gasteiger partial charge in [0.2, 0.25) is 11.8 Å². The van der Waals surface area contributed by atoms with Crippen LogP contribution in [0.1, 0.15) is 30.2 Å². The molecule has 0 saturated heterocycles. The summed E-state index contributed by atoms with van der Waals surface area (Å²) in [4.78, 5) is 13.8. The molecule has 2 aromatic rings. The van der Waals surface area contributed by atoms with Crippen molar-refractivity contribution < 1.29 is 13.9 Å². The molecule has 0 atom stereocenters. The van der Waals surface area contributed by atoms with Crippen LogP contribution in [0.25, 0.3) is 0 Å². The molecule has 0 bridgehead atoms. The molecular weight excluding hydrogens is 270 g/mol. The number of carbonyl (C=O) groups excluding carboxylic acids is 1. The maximum Gasteiger partial charge on any atom is 0.410 e. The third-order valence-corrected chi connectivity index (χ3v) is 3.77. The van der Waals surface area contributed by atoms with Gasteiger partial charge in [-0.05, 0) is 18.4 Å². The maximum absolute atomic E-state index is 12.2. The summed E-state index contributed by atoms with van der Waals surface area (Å²) >= 11 is 0. The van der Waals surface area contributed by atoms with Gasteiger partial charge in [0.05, 0.1) is 0 Å². The molecule has 1 heterocycles. The first-order chi connectivity index (χ1) is 10.1. The van der Waals surface area contributed by atoms with E-state index in [1.54, 1.807) is 18.9 Å². The van der Waals surface area contributed by atoms with Crippen LogP contribution in [0.5, 0.6) is 0 Å². The van der Waals surface area contributed by atoms with Gasteiger partial charge >= 0.3 is 6.09 Å². The Kier molecular flexibility index (Phi) is 3.37. The highest BCUT2D eigenvalue weighted by atomic mass is 16.6. The second kappa shape index (κ2) is 5.20. The predicted octanol–water partition coefficient (Wildman–Crippen LogP) is 2.64. The molecule has 1 aliphatic carbocycles. The van der Waals surface area contributed by atoms with Gasteiger partial charge in [-0.3, -0.25) is 4.90 Å². The molecule has 1 aliphatic rings. The van der Waals surface area contributed by atoms with Crippen LogP contribution in [0, 0.1) is 6.92 Å². The average Bonchev–Trinajstić information content (AvgIpc) is 3.21. The number of amides is 1. The van der Waals surface area contributed by atoms with Gasteiger partial charge in [0.1, 0.15) is 12.1 Å². The van der Waals surface area contributed by atoms with Crippen molar-refractivity contribution in [3.05, 3.63) is 47.7 Å². The minimum Gasteiger partial charge on any atom is -0.445 e. The fourth-order valence-corrected chi connectivity index (χ4v) is 2.29. The zero-order valence-corrected chi connectivity index (χ0v) is 12.1. The van der Waals surface area contributed by atoms with Gasteiger partial charge in [-0.2, -0.15) is 0 Å². The highest BCUT2D eigenvalue weighted by molar-refractivity contribution is 5.69. The molecule has 21 heavy (non-hydrogen) atoms. The number of aromatic nitrogens is 2. The third kappa shape index (κ3) is 2.61. The lowest BCUT2D eigenvalue weighted by molar-refractivity contribution is 0.0793. The Bertz CT molecular complexity index is 635. The first-order valence-electron chi connectivity index (χ1n) is 6.87. The van der Waals surface area contributed by atoms with Crippen LogP contribution in [-0.4, -0.2) is 28.2 Å². The van der Waals surface area contributed by atoms with Crippen molar-refractivity contribution in [1.29, 1.82) is 0 Å². The summed E-state index contributed by atoms with van der Waals surface area (Å²) in [6.07, 6.45) is 1.24. The van der Waals surface area contributed by atoms with E-state index in [1.807, 2.05) is 30.3 Å². The fraction of sp³-hybridized carbons (Fsp3) is 0.400. The lowest BCUT2D eigenvalue weighted by atomic mass is 10.2. The zero-order valence-electron chi connectivity index (χ0n) is 12.1. The Hall–Kier alpha value is -2.37. The van der Waals surface area contributed by atoms with E-state index in [2.05, 4.69) is 10.2 Å². The van der Waals surface area contributed by atoms with Gasteiger partial charge in [0, 0.05) is 14.0 Å². The molecular formula is C15H17N3O3. The van der Waals surface area contributed by atoms with E-state index in [9.17, 15) is 4.79 Å². The molecule has 0 radical (unpaired) electrons. The number of carbonyl (C=O) groups is 1. The molecule has 6 nitrogen and oxygen atoms in total. The third-order valence-electron chi connectivity index (χ3n) is 3.77. The Labute approximate surface area is 122 Å². The predicted molar refractivity (Wildman–Crippen MR) is 74.3 cm³/mol. The van der Waals surface area contributed by atoms with Gasteiger partial charge in [-0.25, -0.2) is 4.79 Å². The summed E-state index contributed by atoms with van der Waals surface area (Å²) in [5, 5.41) is 7.87. The van der Waals surface area contributed by atoms with Gasteiger partial charge < -0.3 is 9.15 Å². The molecule has 1 aromatic heterocycles. The van der Waals surface area contributed by atoms with E-state index in [1.165, 1.54) is 0 Å². The number of aryl methyl sites for hydroxylation is 1. The van der Waals surface area contributed by atoms with E-state index in [0.29, 0.717) is 11.8 Å². The zero-order chi connectivity index (χ0) is 14.9. The van der Waals surface area contributed by atoms with Crippen molar-refractivity contribution in [2.75, 3.05) is 7.05 Å². The highest BCUT2D eigenvalue weighted by Gasteiger charge is 2.55. The summed E-state index contributed by atoms with van der Waals surface area (Å²) in [5.41, 5.74) is 0.465. The van der Waals surface area contributed by atoms with Crippen molar-refractivity contribution in [1.82, 2.24) is 15.1 Å². The van der Waals surface area contributed by atoms with E-state index in [4.69, 9.17) is 9.15 Å². The molecule has 0 aliphatic heterocycles. The SMILES string of the molecule is Cc1nnc(C2(N(C)C(=O)OCc3ccccc3)CC2)o1. The van der Waals surface area contributed by atoms with Gasteiger partial charge in [0.15, 0.2) is 0 Å². The molecule has 0 N–H and O–H groups in total. The van der Waals surface area contributed by atoms with E-state index >= 15 is 0 Å². The van der Waals surface area contributed by atoms with Crippen LogP contribution in [0.4, 0.5) is 4.79 Å². The molecule has 1 amide bonds. The summed E-state index contributed by atoms with van der Waals surface area (Å²) in [6, 6.07) is 9.59. The smallest absolute Gasteiger partial charge is 0.410 e. The summed E-state index contributed by atoms with van der Waals surface area (Å²) in [5.74, 6) is 0.987. The molecule has 1 saturated carbocycles. The van der Waals surface area contributed by atoms with Crippen molar-refractivity contribution >= 4 is 6.09 Å². The average molecular weight is 287 g/mol. The minimum atomic E-state index is -0.491. The highest BCUT2D eigenvalue weighted by Crippen LogP contribution is 2.49. The number of benzene rings is 1. The van der Waals surface area contributed by atoms with Crippen LogP contribution in [0.3, 0.4) is 0 Å².